The van der Waals surface area contributed by atoms with E-state index in [-0.39, 0.29) is 6.03 Å². The zero-order valence-corrected chi connectivity index (χ0v) is 12.0. The Kier molecular flexibility index (Phi) is 4.34. The molecule has 2 amide bonds. The van der Waals surface area contributed by atoms with Crippen LogP contribution in [0.4, 0.5) is 10.5 Å². The quantitative estimate of drug-likeness (QED) is 0.927. The maximum Gasteiger partial charge on any atom is 0.321 e. The number of rotatable bonds is 4. The average Bonchev–Trinajstić information content (AvgIpc) is 2.87. The minimum absolute atomic E-state index is 0.130. The van der Waals surface area contributed by atoms with E-state index in [2.05, 4.69) is 15.3 Å². The highest BCUT2D eigenvalue weighted by molar-refractivity contribution is 5.89. The Morgan fingerprint density at radius 3 is 2.65 bits per heavy atom. The second-order valence-corrected chi connectivity index (χ2v) is 4.79. The Morgan fingerprint density at radius 2 is 2.05 bits per heavy atom. The number of aromatic nitrogens is 3. The SMILES string of the molecule is Cc1cc(NC(=O)N(C)CCn2ccnc2)cc(C)n1. The zero-order valence-electron chi connectivity index (χ0n) is 12.0. The van der Waals surface area contributed by atoms with E-state index in [9.17, 15) is 4.79 Å². The third kappa shape index (κ3) is 3.81. The smallest absolute Gasteiger partial charge is 0.321 e. The fraction of sp³-hybridized carbons (Fsp3) is 0.357. The predicted molar refractivity (Wildman–Crippen MR) is 77.6 cm³/mol. The van der Waals surface area contributed by atoms with Gasteiger partial charge in [-0.1, -0.05) is 0 Å². The van der Waals surface area contributed by atoms with Gasteiger partial charge in [0.2, 0.25) is 0 Å². The highest BCUT2D eigenvalue weighted by Crippen LogP contribution is 2.11. The first kappa shape index (κ1) is 14.0. The molecule has 2 rings (SSSR count). The van der Waals surface area contributed by atoms with E-state index in [4.69, 9.17) is 0 Å². The minimum atomic E-state index is -0.130. The summed E-state index contributed by atoms with van der Waals surface area (Å²) in [7, 11) is 1.77. The van der Waals surface area contributed by atoms with Gasteiger partial charge in [-0.05, 0) is 26.0 Å². The second-order valence-electron chi connectivity index (χ2n) is 4.79. The van der Waals surface area contributed by atoms with Crippen LogP contribution in [0.2, 0.25) is 0 Å². The number of hydrogen-bond acceptors (Lipinski definition) is 3. The van der Waals surface area contributed by atoms with E-state index in [1.807, 2.05) is 36.7 Å². The topological polar surface area (TPSA) is 63.1 Å². The van der Waals surface area contributed by atoms with Crippen molar-refractivity contribution < 1.29 is 4.79 Å². The first-order valence-corrected chi connectivity index (χ1v) is 6.48. The highest BCUT2D eigenvalue weighted by atomic mass is 16.2. The lowest BCUT2D eigenvalue weighted by atomic mass is 10.3. The normalized spacial score (nSPS) is 10.3. The Bertz CT molecular complexity index is 559. The van der Waals surface area contributed by atoms with Gasteiger partial charge in [-0.3, -0.25) is 4.98 Å². The van der Waals surface area contributed by atoms with E-state index >= 15 is 0 Å². The van der Waals surface area contributed by atoms with Gasteiger partial charge in [-0.15, -0.1) is 0 Å². The van der Waals surface area contributed by atoms with Gasteiger partial charge in [0, 0.05) is 49.6 Å². The lowest BCUT2D eigenvalue weighted by Crippen LogP contribution is -2.33. The van der Waals surface area contributed by atoms with E-state index in [1.165, 1.54) is 0 Å². The number of carbonyl (C=O) groups excluding carboxylic acids is 1. The Balaban J connectivity index is 1.90. The largest absolute Gasteiger partial charge is 0.336 e. The van der Waals surface area contributed by atoms with Gasteiger partial charge >= 0.3 is 6.03 Å². The molecule has 0 saturated carbocycles. The number of amides is 2. The summed E-state index contributed by atoms with van der Waals surface area (Å²) < 4.78 is 1.94. The van der Waals surface area contributed by atoms with Gasteiger partial charge in [0.1, 0.15) is 0 Å². The van der Waals surface area contributed by atoms with Crippen LogP contribution in [0.5, 0.6) is 0 Å². The van der Waals surface area contributed by atoms with Crippen LogP contribution in [0.1, 0.15) is 11.4 Å². The molecule has 0 aliphatic rings. The number of carbonyl (C=O) groups is 1. The molecule has 2 aromatic rings. The van der Waals surface area contributed by atoms with Crippen molar-refractivity contribution in [3.05, 3.63) is 42.2 Å². The molecule has 2 heterocycles. The molecule has 0 atom stereocenters. The predicted octanol–water partition coefficient (Wildman–Crippen LogP) is 2.06. The summed E-state index contributed by atoms with van der Waals surface area (Å²) >= 11 is 0. The maximum atomic E-state index is 12.1. The Hall–Kier alpha value is -2.37. The fourth-order valence-electron chi connectivity index (χ4n) is 1.91. The lowest BCUT2D eigenvalue weighted by Gasteiger charge is -2.18. The lowest BCUT2D eigenvalue weighted by molar-refractivity contribution is 0.220. The molecule has 0 spiro atoms. The molecule has 0 bridgehead atoms. The van der Waals surface area contributed by atoms with Crippen LogP contribution in [0.25, 0.3) is 0 Å². The van der Waals surface area contributed by atoms with E-state index in [0.717, 1.165) is 23.6 Å². The van der Waals surface area contributed by atoms with Crippen LogP contribution < -0.4 is 5.32 Å². The van der Waals surface area contributed by atoms with Crippen molar-refractivity contribution in [2.45, 2.75) is 20.4 Å². The van der Waals surface area contributed by atoms with Crippen molar-refractivity contribution in [2.24, 2.45) is 0 Å². The molecule has 0 aliphatic heterocycles. The van der Waals surface area contributed by atoms with Gasteiger partial charge in [-0.25, -0.2) is 9.78 Å². The van der Waals surface area contributed by atoms with Crippen LogP contribution >= 0.6 is 0 Å². The molecule has 1 N–H and O–H groups in total. The zero-order chi connectivity index (χ0) is 14.5. The average molecular weight is 273 g/mol. The first-order chi connectivity index (χ1) is 9.54. The van der Waals surface area contributed by atoms with Gasteiger partial charge in [0.05, 0.1) is 6.33 Å². The van der Waals surface area contributed by atoms with Crippen LogP contribution in [-0.2, 0) is 6.54 Å². The molecule has 2 aromatic heterocycles. The number of hydrogen-bond donors (Lipinski definition) is 1. The molecule has 0 aromatic carbocycles. The summed E-state index contributed by atoms with van der Waals surface area (Å²) in [6.07, 6.45) is 5.34. The van der Waals surface area contributed by atoms with Gasteiger partial charge in [0.25, 0.3) is 0 Å². The van der Waals surface area contributed by atoms with Crippen molar-refractivity contribution in [3.63, 3.8) is 0 Å². The van der Waals surface area contributed by atoms with Crippen LogP contribution in [-0.4, -0.2) is 39.1 Å². The molecule has 6 nitrogen and oxygen atoms in total. The molecule has 0 fully saturated rings. The number of likely N-dealkylation sites (N-methyl/N-ethyl adjacent to an activating group) is 1. The molecule has 106 valence electrons. The summed E-state index contributed by atoms with van der Waals surface area (Å²) in [5.41, 5.74) is 2.55. The van der Waals surface area contributed by atoms with E-state index in [1.54, 1.807) is 24.5 Å². The number of urea groups is 1. The number of pyridine rings is 1. The molecular formula is C14H19N5O. The summed E-state index contributed by atoms with van der Waals surface area (Å²) in [6, 6.07) is 3.58. The van der Waals surface area contributed by atoms with Crippen molar-refractivity contribution in [1.82, 2.24) is 19.4 Å². The molecular weight excluding hydrogens is 254 g/mol. The number of nitrogens with zero attached hydrogens (tertiary/aromatic N) is 4. The molecule has 0 unspecified atom stereocenters. The molecule has 20 heavy (non-hydrogen) atoms. The van der Waals surface area contributed by atoms with Crippen molar-refractivity contribution in [3.8, 4) is 0 Å². The molecule has 0 aliphatic carbocycles. The summed E-state index contributed by atoms with van der Waals surface area (Å²) in [6.45, 7) is 5.15. The van der Waals surface area contributed by atoms with Crippen LogP contribution in [0.15, 0.2) is 30.9 Å². The van der Waals surface area contributed by atoms with E-state index in [0.29, 0.717) is 6.54 Å². The summed E-state index contributed by atoms with van der Waals surface area (Å²) in [5, 5.41) is 2.88. The first-order valence-electron chi connectivity index (χ1n) is 6.48. The second kappa shape index (κ2) is 6.18. The van der Waals surface area contributed by atoms with Crippen molar-refractivity contribution in [2.75, 3.05) is 18.9 Å². The number of anilines is 1. The molecule has 0 radical (unpaired) electrons. The fourth-order valence-corrected chi connectivity index (χ4v) is 1.91. The van der Waals surface area contributed by atoms with Crippen LogP contribution in [0.3, 0.4) is 0 Å². The molecule has 6 heteroatoms. The number of imidazole rings is 1. The monoisotopic (exact) mass is 273 g/mol. The highest BCUT2D eigenvalue weighted by Gasteiger charge is 2.09. The third-order valence-corrected chi connectivity index (χ3v) is 2.93. The Labute approximate surface area is 118 Å². The molecule has 0 saturated heterocycles. The summed E-state index contributed by atoms with van der Waals surface area (Å²) in [5.74, 6) is 0. The number of nitrogens with one attached hydrogen (secondary N) is 1. The van der Waals surface area contributed by atoms with Gasteiger partial charge in [0.15, 0.2) is 0 Å². The standard InChI is InChI=1S/C14H19N5O/c1-11-8-13(9-12(2)16-11)17-14(20)18(3)6-7-19-5-4-15-10-19/h4-5,8-10H,6-7H2,1-3H3,(H,16,17,20). The van der Waals surface area contributed by atoms with E-state index < -0.39 is 0 Å². The number of aryl methyl sites for hydroxylation is 2. The van der Waals surface area contributed by atoms with Crippen molar-refractivity contribution >= 4 is 11.7 Å². The summed E-state index contributed by atoms with van der Waals surface area (Å²) in [4.78, 5) is 22.0. The van der Waals surface area contributed by atoms with Gasteiger partial charge < -0.3 is 14.8 Å². The maximum absolute atomic E-state index is 12.1. The van der Waals surface area contributed by atoms with Crippen molar-refractivity contribution in [1.29, 1.82) is 0 Å². The Morgan fingerprint density at radius 1 is 1.35 bits per heavy atom. The minimum Gasteiger partial charge on any atom is -0.336 e. The van der Waals surface area contributed by atoms with Gasteiger partial charge in [-0.2, -0.15) is 0 Å². The van der Waals surface area contributed by atoms with Crippen LogP contribution in [0, 0.1) is 13.8 Å². The third-order valence-electron chi connectivity index (χ3n) is 2.93.